The predicted molar refractivity (Wildman–Crippen MR) is 321 cm³/mol. The summed E-state index contributed by atoms with van der Waals surface area (Å²) in [6.07, 6.45) is 77.7. The molecule has 0 saturated carbocycles. The van der Waals surface area contributed by atoms with E-state index in [1.807, 2.05) is 0 Å². The van der Waals surface area contributed by atoms with Gasteiger partial charge < -0.3 is 14.2 Å². The molecule has 0 aromatic heterocycles. The SMILES string of the molecule is CCCCCCC/C=C\C/C=C\CCCCCCCCCCCCCCCCCCCC(=O)OCC(COC(=O)CCCCCCCC)OC(=O)CCCCCCCCCCC/C=C\CCCCCCCCCC. The van der Waals surface area contributed by atoms with Crippen LogP contribution < -0.4 is 0 Å². The zero-order chi connectivity index (χ0) is 53.6. The van der Waals surface area contributed by atoms with Crippen molar-refractivity contribution in [2.75, 3.05) is 13.2 Å². The van der Waals surface area contributed by atoms with E-state index in [1.165, 1.54) is 257 Å². The molecule has 6 heteroatoms. The third-order valence-corrected chi connectivity index (χ3v) is 14.9. The number of carbonyl (C=O) groups excluding carboxylic acids is 3. The molecule has 0 aliphatic rings. The Labute approximate surface area is 461 Å². The number of unbranched alkanes of at least 4 members (excludes halogenated alkanes) is 44. The minimum atomic E-state index is -0.768. The largest absolute Gasteiger partial charge is 0.462 e. The molecule has 1 atom stereocenters. The van der Waals surface area contributed by atoms with Gasteiger partial charge in [0, 0.05) is 19.3 Å². The Morgan fingerprint density at radius 1 is 0.270 bits per heavy atom. The van der Waals surface area contributed by atoms with Crippen LogP contribution in [0.4, 0.5) is 0 Å². The van der Waals surface area contributed by atoms with Crippen LogP contribution in [-0.4, -0.2) is 37.2 Å². The Bertz CT molecular complexity index is 1240. The van der Waals surface area contributed by atoms with Crippen molar-refractivity contribution >= 4 is 17.9 Å². The lowest BCUT2D eigenvalue weighted by molar-refractivity contribution is -0.167. The minimum Gasteiger partial charge on any atom is -0.462 e. The fraction of sp³-hybridized carbons (Fsp3) is 0.868. The van der Waals surface area contributed by atoms with Gasteiger partial charge in [0.15, 0.2) is 6.10 Å². The zero-order valence-electron chi connectivity index (χ0n) is 49.9. The monoisotopic (exact) mass is 1040 g/mol. The molecular weight excluding hydrogens is 913 g/mol. The third-order valence-electron chi connectivity index (χ3n) is 14.9. The molecule has 0 rings (SSSR count). The first-order valence-corrected chi connectivity index (χ1v) is 33.0. The summed E-state index contributed by atoms with van der Waals surface area (Å²) < 4.78 is 16.8. The standard InChI is InChI=1S/C68H126O6/c1-4-7-10-13-16-18-20-22-24-26-28-30-31-32-33-34-35-36-37-39-40-42-44-46-48-50-52-55-58-61-67(70)73-64-65(63-72-66(69)60-57-54-15-12-9-6-3)74-68(71)62-59-56-53-51-49-47-45-43-41-38-29-27-25-23-21-19-17-14-11-8-5-2/h20,22,26-29,65H,4-19,21,23-25,30-64H2,1-3H3/b22-20-,28-26-,29-27-. The van der Waals surface area contributed by atoms with Crippen LogP contribution in [0.5, 0.6) is 0 Å². The highest BCUT2D eigenvalue weighted by Gasteiger charge is 2.19. The first-order valence-electron chi connectivity index (χ1n) is 33.0. The van der Waals surface area contributed by atoms with Crippen LogP contribution in [0, 0.1) is 0 Å². The molecule has 0 aliphatic carbocycles. The number of hydrogen-bond acceptors (Lipinski definition) is 6. The van der Waals surface area contributed by atoms with Gasteiger partial charge in [0.25, 0.3) is 0 Å². The van der Waals surface area contributed by atoms with E-state index in [4.69, 9.17) is 14.2 Å². The van der Waals surface area contributed by atoms with E-state index in [1.54, 1.807) is 0 Å². The van der Waals surface area contributed by atoms with Gasteiger partial charge in [-0.05, 0) is 77.0 Å². The summed E-state index contributed by atoms with van der Waals surface area (Å²) in [5.74, 6) is -0.859. The molecule has 0 spiro atoms. The van der Waals surface area contributed by atoms with E-state index in [2.05, 4.69) is 57.2 Å². The van der Waals surface area contributed by atoms with Crippen LogP contribution in [0.15, 0.2) is 36.5 Å². The van der Waals surface area contributed by atoms with Crippen molar-refractivity contribution in [2.45, 2.75) is 367 Å². The predicted octanol–water partition coefficient (Wildman–Crippen LogP) is 22.4. The molecular formula is C68H126O6. The Morgan fingerprint density at radius 2 is 0.486 bits per heavy atom. The van der Waals surface area contributed by atoms with E-state index in [-0.39, 0.29) is 31.1 Å². The average Bonchev–Trinajstić information content (AvgIpc) is 3.40. The molecule has 0 aliphatic heterocycles. The van der Waals surface area contributed by atoms with Crippen molar-refractivity contribution in [1.29, 1.82) is 0 Å². The average molecular weight is 1040 g/mol. The highest BCUT2D eigenvalue weighted by molar-refractivity contribution is 5.71. The Morgan fingerprint density at radius 3 is 0.757 bits per heavy atom. The molecule has 0 N–H and O–H groups in total. The number of esters is 3. The van der Waals surface area contributed by atoms with Crippen LogP contribution in [0.25, 0.3) is 0 Å². The number of hydrogen-bond donors (Lipinski definition) is 0. The van der Waals surface area contributed by atoms with Gasteiger partial charge in [-0.1, -0.05) is 301 Å². The summed E-state index contributed by atoms with van der Waals surface area (Å²) in [6, 6.07) is 0. The second kappa shape index (κ2) is 63.2. The lowest BCUT2D eigenvalue weighted by Crippen LogP contribution is -2.30. The molecule has 1 unspecified atom stereocenters. The molecule has 0 fully saturated rings. The number of allylic oxidation sites excluding steroid dienone is 6. The van der Waals surface area contributed by atoms with Gasteiger partial charge in [-0.25, -0.2) is 0 Å². The lowest BCUT2D eigenvalue weighted by Gasteiger charge is -2.18. The van der Waals surface area contributed by atoms with Gasteiger partial charge in [-0.3, -0.25) is 14.4 Å². The molecule has 0 aromatic carbocycles. The minimum absolute atomic E-state index is 0.0687. The van der Waals surface area contributed by atoms with Crippen molar-refractivity contribution in [1.82, 2.24) is 0 Å². The van der Waals surface area contributed by atoms with Crippen molar-refractivity contribution in [3.63, 3.8) is 0 Å². The Kier molecular flexibility index (Phi) is 61.1. The molecule has 434 valence electrons. The highest BCUT2D eigenvalue weighted by atomic mass is 16.6. The van der Waals surface area contributed by atoms with E-state index >= 15 is 0 Å². The first kappa shape index (κ1) is 71.6. The Hall–Kier alpha value is -2.37. The smallest absolute Gasteiger partial charge is 0.306 e. The molecule has 0 radical (unpaired) electrons. The van der Waals surface area contributed by atoms with Crippen molar-refractivity contribution in [3.8, 4) is 0 Å². The van der Waals surface area contributed by atoms with Gasteiger partial charge in [-0.2, -0.15) is 0 Å². The summed E-state index contributed by atoms with van der Waals surface area (Å²) in [5.41, 5.74) is 0. The summed E-state index contributed by atoms with van der Waals surface area (Å²) >= 11 is 0. The van der Waals surface area contributed by atoms with E-state index in [0.29, 0.717) is 19.3 Å². The van der Waals surface area contributed by atoms with Gasteiger partial charge in [0.05, 0.1) is 0 Å². The molecule has 0 saturated heterocycles. The molecule has 0 aromatic rings. The van der Waals surface area contributed by atoms with Crippen LogP contribution in [0.2, 0.25) is 0 Å². The molecule has 0 amide bonds. The topological polar surface area (TPSA) is 78.9 Å². The van der Waals surface area contributed by atoms with Crippen LogP contribution in [0.3, 0.4) is 0 Å². The maximum Gasteiger partial charge on any atom is 0.306 e. The fourth-order valence-corrected chi connectivity index (χ4v) is 9.88. The van der Waals surface area contributed by atoms with Gasteiger partial charge >= 0.3 is 17.9 Å². The summed E-state index contributed by atoms with van der Waals surface area (Å²) in [7, 11) is 0. The Balaban J connectivity index is 4.00. The maximum atomic E-state index is 12.8. The summed E-state index contributed by atoms with van der Waals surface area (Å²) in [5, 5.41) is 0. The summed E-state index contributed by atoms with van der Waals surface area (Å²) in [6.45, 7) is 6.62. The van der Waals surface area contributed by atoms with Crippen molar-refractivity contribution < 1.29 is 28.6 Å². The highest BCUT2D eigenvalue weighted by Crippen LogP contribution is 2.17. The molecule has 74 heavy (non-hydrogen) atoms. The van der Waals surface area contributed by atoms with E-state index in [9.17, 15) is 14.4 Å². The number of rotatable bonds is 61. The molecule has 6 nitrogen and oxygen atoms in total. The van der Waals surface area contributed by atoms with Gasteiger partial charge in [0.1, 0.15) is 13.2 Å². The third kappa shape index (κ3) is 60.5. The van der Waals surface area contributed by atoms with Gasteiger partial charge in [0.2, 0.25) is 0 Å². The number of carbonyl (C=O) groups is 3. The number of ether oxygens (including phenoxy) is 3. The van der Waals surface area contributed by atoms with Crippen LogP contribution in [0.1, 0.15) is 361 Å². The quantitative estimate of drug-likeness (QED) is 0.0261. The van der Waals surface area contributed by atoms with Gasteiger partial charge in [-0.15, -0.1) is 0 Å². The van der Waals surface area contributed by atoms with Crippen molar-refractivity contribution in [3.05, 3.63) is 36.5 Å². The molecule has 0 bridgehead atoms. The second-order valence-electron chi connectivity index (χ2n) is 22.4. The normalized spacial score (nSPS) is 12.2. The first-order chi connectivity index (χ1) is 36.5. The van der Waals surface area contributed by atoms with Crippen LogP contribution >= 0.6 is 0 Å². The van der Waals surface area contributed by atoms with Crippen molar-refractivity contribution in [2.24, 2.45) is 0 Å². The van der Waals surface area contributed by atoms with E-state index < -0.39 is 6.10 Å². The maximum absolute atomic E-state index is 12.8. The zero-order valence-corrected chi connectivity index (χ0v) is 49.9. The molecule has 0 heterocycles. The summed E-state index contributed by atoms with van der Waals surface area (Å²) in [4.78, 5) is 38.0. The van der Waals surface area contributed by atoms with E-state index in [0.717, 1.165) is 64.2 Å². The second-order valence-corrected chi connectivity index (χ2v) is 22.4. The lowest BCUT2D eigenvalue weighted by atomic mass is 10.0. The fourth-order valence-electron chi connectivity index (χ4n) is 9.88. The van der Waals surface area contributed by atoms with Crippen LogP contribution in [-0.2, 0) is 28.6 Å².